The maximum atomic E-state index is 13.7. The Hall–Kier alpha value is -3.57. The normalized spacial score (nSPS) is 17.8. The Morgan fingerprint density at radius 3 is 2.51 bits per heavy atom. The van der Waals surface area contributed by atoms with E-state index >= 15 is 0 Å². The number of nitrogens with zero attached hydrogens (tertiary/aromatic N) is 2. The Balaban J connectivity index is 1.35. The van der Waals surface area contributed by atoms with E-state index in [0.29, 0.717) is 23.3 Å². The van der Waals surface area contributed by atoms with Crippen LogP contribution in [0.25, 0.3) is 33.3 Å². The second kappa shape index (κ2) is 10.1. The summed E-state index contributed by atoms with van der Waals surface area (Å²) in [6, 6.07) is 13.7. The van der Waals surface area contributed by atoms with Gasteiger partial charge in [0.15, 0.2) is 0 Å². The van der Waals surface area contributed by atoms with Crippen molar-refractivity contribution < 1.29 is 31.6 Å². The first-order valence-corrected chi connectivity index (χ1v) is 12.2. The van der Waals surface area contributed by atoms with Crippen LogP contribution in [-0.2, 0) is 15.7 Å². The van der Waals surface area contributed by atoms with Crippen molar-refractivity contribution in [2.24, 2.45) is 5.92 Å². The van der Waals surface area contributed by atoms with Crippen LogP contribution in [0.5, 0.6) is 0 Å². The number of methoxy groups -OCH3 is 1. The molecule has 4 aromatic rings. The van der Waals surface area contributed by atoms with Crippen molar-refractivity contribution in [3.63, 3.8) is 0 Å². The summed E-state index contributed by atoms with van der Waals surface area (Å²) in [5.74, 6) is -0.358. The van der Waals surface area contributed by atoms with E-state index in [4.69, 9.17) is 9.26 Å². The molecule has 6 nitrogen and oxygen atoms in total. The third-order valence-electron chi connectivity index (χ3n) is 6.26. The fourth-order valence-electron chi connectivity index (χ4n) is 4.39. The van der Waals surface area contributed by atoms with Gasteiger partial charge >= 0.3 is 12.1 Å². The van der Waals surface area contributed by atoms with E-state index in [-0.39, 0.29) is 45.6 Å². The summed E-state index contributed by atoms with van der Waals surface area (Å²) in [5, 5.41) is 7.36. The van der Waals surface area contributed by atoms with E-state index < -0.39 is 16.9 Å². The van der Waals surface area contributed by atoms with Crippen molar-refractivity contribution in [1.82, 2.24) is 15.5 Å². The van der Waals surface area contributed by atoms with Gasteiger partial charge in [-0.25, -0.2) is 4.39 Å². The number of hydrogen-bond acceptors (Lipinski definition) is 7. The quantitative estimate of drug-likeness (QED) is 0.226. The smallest absolute Gasteiger partial charge is 0.426 e. The molecular formula is C26H21F4N3O3S. The maximum Gasteiger partial charge on any atom is 0.426 e. The summed E-state index contributed by atoms with van der Waals surface area (Å²) < 4.78 is 64.5. The van der Waals surface area contributed by atoms with Gasteiger partial charge in [-0.15, -0.1) is 11.3 Å². The first-order chi connectivity index (χ1) is 17.7. The van der Waals surface area contributed by atoms with E-state index in [0.717, 1.165) is 30.7 Å². The molecule has 0 radical (unpaired) electrons. The second-order valence-corrected chi connectivity index (χ2v) is 9.80. The number of rotatable bonds is 6. The Labute approximate surface area is 213 Å². The number of ether oxygens (including phenoxy) is 1. The van der Waals surface area contributed by atoms with Gasteiger partial charge in [0, 0.05) is 23.6 Å². The predicted molar refractivity (Wildman–Crippen MR) is 129 cm³/mol. The maximum absolute atomic E-state index is 13.7. The number of benzene rings is 2. The van der Waals surface area contributed by atoms with Crippen LogP contribution < -0.4 is 5.32 Å². The van der Waals surface area contributed by atoms with Gasteiger partial charge in [0.25, 0.3) is 5.89 Å². The molecule has 5 rings (SSSR count). The standard InChI is InChI=1S/C26H21F4N3O3S/c1-35-22(34)11-14-10-20(31-13-14)16-2-4-17(5-3-16)24-32-25(36-33-24)21-12-19(23(37-21)26(28,29)30)15-6-8-18(27)9-7-15/h2-9,12,14,20,31H,10-11,13H2,1H3/t14-,20-/m1/s1. The van der Waals surface area contributed by atoms with Gasteiger partial charge in [-0.2, -0.15) is 18.2 Å². The lowest BCUT2D eigenvalue weighted by atomic mass is 9.97. The molecule has 0 aliphatic carbocycles. The van der Waals surface area contributed by atoms with Crippen molar-refractivity contribution in [3.05, 3.63) is 70.9 Å². The van der Waals surface area contributed by atoms with E-state index in [2.05, 4.69) is 15.5 Å². The third-order valence-corrected chi connectivity index (χ3v) is 7.43. The molecule has 2 aromatic carbocycles. The molecule has 3 heterocycles. The summed E-state index contributed by atoms with van der Waals surface area (Å²) in [7, 11) is 1.38. The van der Waals surface area contributed by atoms with Gasteiger partial charge in [-0.3, -0.25) is 4.79 Å². The van der Waals surface area contributed by atoms with Gasteiger partial charge in [0.1, 0.15) is 10.7 Å². The molecule has 37 heavy (non-hydrogen) atoms. The highest BCUT2D eigenvalue weighted by molar-refractivity contribution is 7.16. The molecule has 0 bridgehead atoms. The number of halogens is 4. The third kappa shape index (κ3) is 5.42. The van der Waals surface area contributed by atoms with E-state index in [9.17, 15) is 22.4 Å². The first kappa shape index (κ1) is 25.1. The Morgan fingerprint density at radius 2 is 1.84 bits per heavy atom. The Kier molecular flexibility index (Phi) is 6.82. The highest BCUT2D eigenvalue weighted by Gasteiger charge is 2.37. The molecular weight excluding hydrogens is 510 g/mol. The molecule has 0 saturated carbocycles. The van der Waals surface area contributed by atoms with Crippen LogP contribution in [0.2, 0.25) is 0 Å². The van der Waals surface area contributed by atoms with E-state index in [1.165, 1.54) is 25.3 Å². The van der Waals surface area contributed by atoms with Gasteiger partial charge in [-0.1, -0.05) is 41.6 Å². The summed E-state index contributed by atoms with van der Waals surface area (Å²) in [5.41, 5.74) is 1.85. The number of alkyl halides is 3. The van der Waals surface area contributed by atoms with Crippen molar-refractivity contribution in [1.29, 1.82) is 0 Å². The molecule has 1 aliphatic heterocycles. The number of thiophene rings is 1. The molecule has 0 unspecified atom stereocenters. The van der Waals surface area contributed by atoms with E-state index in [1.807, 2.05) is 24.3 Å². The minimum absolute atomic E-state index is 0.0361. The monoisotopic (exact) mass is 531 g/mol. The average Bonchev–Trinajstić information content (AvgIpc) is 3.64. The predicted octanol–water partition coefficient (Wildman–Crippen LogP) is 6.50. The van der Waals surface area contributed by atoms with Crippen LogP contribution in [0.1, 0.15) is 29.3 Å². The first-order valence-electron chi connectivity index (χ1n) is 11.4. The molecule has 1 N–H and O–H groups in total. The van der Waals surface area contributed by atoms with Gasteiger partial charge in [-0.05, 0) is 48.2 Å². The van der Waals surface area contributed by atoms with Crippen LogP contribution in [0, 0.1) is 11.7 Å². The van der Waals surface area contributed by atoms with Crippen LogP contribution in [0.3, 0.4) is 0 Å². The number of hydrogen-bond donors (Lipinski definition) is 1. The van der Waals surface area contributed by atoms with Crippen molar-refractivity contribution >= 4 is 17.3 Å². The number of esters is 1. The zero-order chi connectivity index (χ0) is 26.2. The SMILES string of the molecule is COC(=O)C[C@@H]1CN[C@@H](c2ccc(-c3noc(-c4cc(-c5ccc(F)cc5)c(C(F)(F)F)s4)n3)cc2)C1. The largest absolute Gasteiger partial charge is 0.469 e. The number of carbonyl (C=O) groups excluding carboxylic acids is 1. The fraction of sp³-hybridized carbons (Fsp3) is 0.269. The summed E-state index contributed by atoms with van der Waals surface area (Å²) >= 11 is 0.496. The summed E-state index contributed by atoms with van der Waals surface area (Å²) in [6.45, 7) is 0.719. The Bertz CT molecular complexity index is 1400. The van der Waals surface area contributed by atoms with Crippen molar-refractivity contribution in [2.75, 3.05) is 13.7 Å². The van der Waals surface area contributed by atoms with Crippen LogP contribution >= 0.6 is 11.3 Å². The van der Waals surface area contributed by atoms with Gasteiger partial charge in [0.05, 0.1) is 12.0 Å². The number of aromatic nitrogens is 2. The van der Waals surface area contributed by atoms with Gasteiger partial charge < -0.3 is 14.6 Å². The lowest BCUT2D eigenvalue weighted by Gasteiger charge is -2.11. The minimum Gasteiger partial charge on any atom is -0.469 e. The van der Waals surface area contributed by atoms with E-state index in [1.54, 1.807) is 0 Å². The molecule has 1 aliphatic rings. The summed E-state index contributed by atoms with van der Waals surface area (Å²) in [6.07, 6.45) is -3.43. The molecule has 2 atom stereocenters. The van der Waals surface area contributed by atoms with Crippen LogP contribution in [0.15, 0.2) is 59.1 Å². The highest BCUT2D eigenvalue weighted by atomic mass is 32.1. The molecule has 11 heteroatoms. The average molecular weight is 532 g/mol. The zero-order valence-electron chi connectivity index (χ0n) is 19.5. The van der Waals surface area contributed by atoms with Crippen molar-refractivity contribution in [3.8, 4) is 33.3 Å². The second-order valence-electron chi connectivity index (χ2n) is 8.75. The summed E-state index contributed by atoms with van der Waals surface area (Å²) in [4.78, 5) is 15.2. The lowest BCUT2D eigenvalue weighted by molar-refractivity contribution is -0.141. The number of nitrogens with one attached hydrogen (secondary N) is 1. The van der Waals surface area contributed by atoms with Crippen LogP contribution in [0.4, 0.5) is 17.6 Å². The van der Waals surface area contributed by atoms with Crippen LogP contribution in [-0.4, -0.2) is 29.8 Å². The Morgan fingerprint density at radius 1 is 1.14 bits per heavy atom. The van der Waals surface area contributed by atoms with Crippen molar-refractivity contribution in [2.45, 2.75) is 25.1 Å². The molecule has 2 aromatic heterocycles. The molecule has 192 valence electrons. The molecule has 0 spiro atoms. The topological polar surface area (TPSA) is 77.2 Å². The highest BCUT2D eigenvalue weighted by Crippen LogP contribution is 2.45. The van der Waals surface area contributed by atoms with Gasteiger partial charge in [0.2, 0.25) is 5.82 Å². The fourth-order valence-corrected chi connectivity index (χ4v) is 5.36. The molecule has 1 saturated heterocycles. The minimum atomic E-state index is -4.60. The lowest BCUT2D eigenvalue weighted by Crippen LogP contribution is -2.15. The molecule has 0 amide bonds. The molecule has 1 fully saturated rings. The zero-order valence-corrected chi connectivity index (χ0v) is 20.3. The number of carbonyl (C=O) groups is 1.